The Kier molecular flexibility index (Phi) is 4.60. The van der Waals surface area contributed by atoms with E-state index in [1.54, 1.807) is 6.33 Å². The Morgan fingerprint density at radius 1 is 1.07 bits per heavy atom. The Bertz CT molecular complexity index is 1160. The van der Waals surface area contributed by atoms with Gasteiger partial charge in [-0.25, -0.2) is 9.97 Å². The molecule has 0 unspecified atom stereocenters. The second kappa shape index (κ2) is 7.54. The fraction of sp³-hybridized carbons (Fsp3) is 0.261. The van der Waals surface area contributed by atoms with Crippen molar-refractivity contribution in [3.63, 3.8) is 0 Å². The molecule has 1 fully saturated rings. The van der Waals surface area contributed by atoms with Crippen molar-refractivity contribution in [2.75, 3.05) is 18.0 Å². The number of benzene rings is 2. The summed E-state index contributed by atoms with van der Waals surface area (Å²) >= 11 is 0. The third kappa shape index (κ3) is 3.31. The number of amides is 1. The van der Waals surface area contributed by atoms with Crippen LogP contribution in [-0.2, 0) is 0 Å². The van der Waals surface area contributed by atoms with E-state index in [4.69, 9.17) is 4.42 Å². The smallest absolute Gasteiger partial charge is 0.251 e. The SMILES string of the molecule is O=C(NC[C@@H]1CCCCN1c1ncnc2c1oc1ccccc12)c1ccccc1. The van der Waals surface area contributed by atoms with Crippen molar-refractivity contribution in [2.24, 2.45) is 0 Å². The van der Waals surface area contributed by atoms with E-state index in [2.05, 4.69) is 20.2 Å². The molecule has 1 atom stereocenters. The summed E-state index contributed by atoms with van der Waals surface area (Å²) in [6, 6.07) is 17.4. The van der Waals surface area contributed by atoms with Gasteiger partial charge in [0.05, 0.1) is 0 Å². The lowest BCUT2D eigenvalue weighted by Gasteiger charge is -2.36. The highest BCUT2D eigenvalue weighted by Crippen LogP contribution is 2.34. The highest BCUT2D eigenvalue weighted by molar-refractivity contribution is 6.05. The molecule has 0 radical (unpaired) electrons. The van der Waals surface area contributed by atoms with Crippen LogP contribution in [0.3, 0.4) is 0 Å². The number of aromatic nitrogens is 2. The summed E-state index contributed by atoms with van der Waals surface area (Å²) in [6.45, 7) is 1.45. The number of rotatable bonds is 4. The summed E-state index contributed by atoms with van der Waals surface area (Å²) in [6.07, 6.45) is 4.83. The van der Waals surface area contributed by atoms with E-state index < -0.39 is 0 Å². The summed E-state index contributed by atoms with van der Waals surface area (Å²) in [4.78, 5) is 23.8. The quantitative estimate of drug-likeness (QED) is 0.570. The van der Waals surface area contributed by atoms with Crippen molar-refractivity contribution in [2.45, 2.75) is 25.3 Å². The second-order valence-corrected chi connectivity index (χ2v) is 7.39. The first-order chi connectivity index (χ1) is 14.3. The molecule has 0 aliphatic carbocycles. The van der Waals surface area contributed by atoms with Crippen LogP contribution in [0.1, 0.15) is 29.6 Å². The zero-order valence-corrected chi connectivity index (χ0v) is 16.0. The summed E-state index contributed by atoms with van der Waals surface area (Å²) in [5.74, 6) is 0.762. The van der Waals surface area contributed by atoms with Gasteiger partial charge in [0.25, 0.3) is 5.91 Å². The van der Waals surface area contributed by atoms with Crippen LogP contribution in [0.15, 0.2) is 65.3 Å². The highest BCUT2D eigenvalue weighted by Gasteiger charge is 2.27. The Morgan fingerprint density at radius 2 is 1.90 bits per heavy atom. The fourth-order valence-electron chi connectivity index (χ4n) is 4.11. The fourth-order valence-corrected chi connectivity index (χ4v) is 4.11. The van der Waals surface area contributed by atoms with Gasteiger partial charge < -0.3 is 14.6 Å². The van der Waals surface area contributed by atoms with E-state index in [0.717, 1.165) is 53.7 Å². The minimum atomic E-state index is -0.0484. The molecule has 1 saturated heterocycles. The van der Waals surface area contributed by atoms with E-state index >= 15 is 0 Å². The lowest BCUT2D eigenvalue weighted by molar-refractivity contribution is 0.0949. The number of carbonyl (C=O) groups is 1. The molecule has 1 aliphatic rings. The van der Waals surface area contributed by atoms with Crippen LogP contribution >= 0.6 is 0 Å². The average molecular weight is 386 g/mol. The molecule has 0 spiro atoms. The van der Waals surface area contributed by atoms with E-state index in [9.17, 15) is 4.79 Å². The van der Waals surface area contributed by atoms with Gasteiger partial charge in [-0.2, -0.15) is 0 Å². The average Bonchev–Trinajstić information content (AvgIpc) is 3.17. The molecule has 0 saturated carbocycles. The van der Waals surface area contributed by atoms with Gasteiger partial charge in [-0.05, 0) is 43.5 Å². The molecule has 29 heavy (non-hydrogen) atoms. The molecule has 6 heteroatoms. The number of furan rings is 1. The molecule has 6 nitrogen and oxygen atoms in total. The number of carbonyl (C=O) groups excluding carboxylic acids is 1. The van der Waals surface area contributed by atoms with Crippen LogP contribution in [0.2, 0.25) is 0 Å². The number of nitrogens with zero attached hydrogens (tertiary/aromatic N) is 3. The maximum Gasteiger partial charge on any atom is 0.251 e. The van der Waals surface area contributed by atoms with Crippen molar-refractivity contribution in [3.8, 4) is 0 Å². The van der Waals surface area contributed by atoms with Gasteiger partial charge in [0.1, 0.15) is 17.4 Å². The second-order valence-electron chi connectivity index (χ2n) is 7.39. The molecule has 1 amide bonds. The van der Waals surface area contributed by atoms with Crippen molar-refractivity contribution >= 4 is 33.8 Å². The zero-order valence-electron chi connectivity index (χ0n) is 16.0. The van der Waals surface area contributed by atoms with E-state index in [0.29, 0.717) is 12.1 Å². The predicted molar refractivity (Wildman–Crippen MR) is 113 cm³/mol. The topological polar surface area (TPSA) is 71.3 Å². The lowest BCUT2D eigenvalue weighted by Crippen LogP contribution is -2.47. The maximum absolute atomic E-state index is 12.5. The summed E-state index contributed by atoms with van der Waals surface area (Å²) < 4.78 is 6.13. The first kappa shape index (κ1) is 17.7. The van der Waals surface area contributed by atoms with Crippen molar-refractivity contribution in [3.05, 3.63) is 66.5 Å². The van der Waals surface area contributed by atoms with Crippen molar-refractivity contribution in [1.29, 1.82) is 0 Å². The third-order valence-electron chi connectivity index (χ3n) is 5.57. The van der Waals surface area contributed by atoms with Crippen LogP contribution in [0.4, 0.5) is 5.82 Å². The minimum absolute atomic E-state index is 0.0484. The van der Waals surface area contributed by atoms with E-state index in [1.807, 2.05) is 54.6 Å². The van der Waals surface area contributed by atoms with Gasteiger partial charge in [0, 0.05) is 30.1 Å². The highest BCUT2D eigenvalue weighted by atomic mass is 16.3. The Labute approximate surface area is 168 Å². The molecular formula is C23H22N4O2. The predicted octanol–water partition coefficient (Wildman–Crippen LogP) is 4.16. The monoisotopic (exact) mass is 386 g/mol. The number of hydrogen-bond acceptors (Lipinski definition) is 5. The number of anilines is 1. The molecule has 5 rings (SSSR count). The van der Waals surface area contributed by atoms with Gasteiger partial charge >= 0.3 is 0 Å². The molecule has 2 aromatic carbocycles. The molecule has 4 aromatic rings. The van der Waals surface area contributed by atoms with Crippen LogP contribution in [0.25, 0.3) is 22.1 Å². The standard InChI is InChI=1S/C23H22N4O2/c28-23(16-8-2-1-3-9-16)24-14-17-10-6-7-13-27(17)22-21-20(25-15-26-22)18-11-4-5-12-19(18)29-21/h1-5,8-9,11-12,15,17H,6-7,10,13-14H2,(H,24,28)/t17-/m0/s1. The number of piperidine rings is 1. The molecule has 2 aromatic heterocycles. The summed E-state index contributed by atoms with van der Waals surface area (Å²) in [7, 11) is 0. The number of para-hydroxylation sites is 1. The van der Waals surface area contributed by atoms with Gasteiger partial charge in [0.2, 0.25) is 0 Å². The van der Waals surface area contributed by atoms with E-state index in [-0.39, 0.29) is 11.9 Å². The Hall–Kier alpha value is -3.41. The first-order valence-electron chi connectivity index (χ1n) is 10.0. The maximum atomic E-state index is 12.5. The van der Waals surface area contributed by atoms with Crippen LogP contribution < -0.4 is 10.2 Å². The number of nitrogens with one attached hydrogen (secondary N) is 1. The molecule has 3 heterocycles. The minimum Gasteiger partial charge on any atom is -0.450 e. The van der Waals surface area contributed by atoms with Gasteiger partial charge in [-0.15, -0.1) is 0 Å². The van der Waals surface area contributed by atoms with Crippen molar-refractivity contribution in [1.82, 2.24) is 15.3 Å². The molecule has 1 aliphatic heterocycles. The van der Waals surface area contributed by atoms with Crippen molar-refractivity contribution < 1.29 is 9.21 Å². The molecular weight excluding hydrogens is 364 g/mol. The largest absolute Gasteiger partial charge is 0.450 e. The summed E-state index contributed by atoms with van der Waals surface area (Å²) in [5, 5.41) is 4.09. The molecule has 0 bridgehead atoms. The lowest BCUT2D eigenvalue weighted by atomic mass is 10.0. The van der Waals surface area contributed by atoms with E-state index in [1.165, 1.54) is 0 Å². The normalized spacial score (nSPS) is 17.0. The van der Waals surface area contributed by atoms with Gasteiger partial charge in [0.15, 0.2) is 11.4 Å². The number of hydrogen-bond donors (Lipinski definition) is 1. The van der Waals surface area contributed by atoms with Crippen LogP contribution in [0.5, 0.6) is 0 Å². The Balaban J connectivity index is 1.43. The van der Waals surface area contributed by atoms with Gasteiger partial charge in [-0.1, -0.05) is 30.3 Å². The zero-order chi connectivity index (χ0) is 19.6. The van der Waals surface area contributed by atoms with Crippen LogP contribution in [0, 0.1) is 0 Å². The first-order valence-corrected chi connectivity index (χ1v) is 10.0. The Morgan fingerprint density at radius 3 is 2.79 bits per heavy atom. The molecule has 146 valence electrons. The summed E-state index contributed by atoms with van der Waals surface area (Å²) in [5.41, 5.74) is 3.05. The van der Waals surface area contributed by atoms with Gasteiger partial charge in [-0.3, -0.25) is 4.79 Å². The van der Waals surface area contributed by atoms with Crippen LogP contribution in [-0.4, -0.2) is 35.0 Å². The third-order valence-corrected chi connectivity index (χ3v) is 5.57. The number of fused-ring (bicyclic) bond motifs is 3. The molecule has 1 N–H and O–H groups in total.